The van der Waals surface area contributed by atoms with Gasteiger partial charge in [-0.3, -0.25) is 20.0 Å². The molecule has 1 saturated heterocycles. The Morgan fingerprint density at radius 2 is 2.53 bits per heavy atom. The second-order valence-corrected chi connectivity index (χ2v) is 3.59. The van der Waals surface area contributed by atoms with Gasteiger partial charge in [-0.05, 0) is 12.1 Å². The summed E-state index contributed by atoms with van der Waals surface area (Å²) >= 11 is 0. The first kappa shape index (κ1) is 10.1. The maximum absolute atomic E-state index is 10.7. The predicted octanol–water partition coefficient (Wildman–Crippen LogP) is -0.103. The van der Waals surface area contributed by atoms with Gasteiger partial charge in [-0.2, -0.15) is 0 Å². The number of carboxylic acids is 1. The summed E-state index contributed by atoms with van der Waals surface area (Å²) in [5, 5.41) is 11.7. The van der Waals surface area contributed by atoms with Gasteiger partial charge < -0.3 is 5.11 Å². The van der Waals surface area contributed by atoms with Crippen molar-refractivity contribution < 1.29 is 9.90 Å². The molecule has 2 rings (SSSR count). The summed E-state index contributed by atoms with van der Waals surface area (Å²) in [4.78, 5) is 16.9. The summed E-state index contributed by atoms with van der Waals surface area (Å²) in [6.45, 7) is 1.83. The highest BCUT2D eigenvalue weighted by Crippen LogP contribution is 2.06. The second-order valence-electron chi connectivity index (χ2n) is 3.59. The molecule has 0 spiro atoms. The number of nitrogens with one attached hydrogen (secondary N) is 1. The maximum atomic E-state index is 10.7. The Hall–Kier alpha value is -1.46. The number of aromatic nitrogens is 1. The number of carbonyl (C=O) groups is 1. The van der Waals surface area contributed by atoms with Crippen molar-refractivity contribution >= 4 is 5.97 Å². The lowest BCUT2D eigenvalue weighted by atomic mass is 10.3. The fraction of sp³-hybridized carbons (Fsp3) is 0.400. The van der Waals surface area contributed by atoms with Gasteiger partial charge in [0.2, 0.25) is 0 Å². The molecule has 5 nitrogen and oxygen atoms in total. The van der Waals surface area contributed by atoms with Crippen LogP contribution in [0.2, 0.25) is 0 Å². The quantitative estimate of drug-likeness (QED) is 0.724. The van der Waals surface area contributed by atoms with Gasteiger partial charge in [-0.15, -0.1) is 0 Å². The molecule has 0 aliphatic carbocycles. The summed E-state index contributed by atoms with van der Waals surface area (Å²) in [5.41, 5.74) is 0.963. The van der Waals surface area contributed by atoms with Crippen LogP contribution in [-0.2, 0) is 11.3 Å². The third-order valence-corrected chi connectivity index (χ3v) is 2.41. The molecule has 1 aliphatic rings. The molecule has 1 aromatic heterocycles. The van der Waals surface area contributed by atoms with Gasteiger partial charge in [0.05, 0.1) is 5.69 Å². The van der Waals surface area contributed by atoms with Crippen molar-refractivity contribution in [3.05, 3.63) is 30.1 Å². The highest BCUT2D eigenvalue weighted by atomic mass is 16.4. The van der Waals surface area contributed by atoms with E-state index in [1.165, 1.54) is 0 Å². The van der Waals surface area contributed by atoms with E-state index in [2.05, 4.69) is 10.3 Å². The van der Waals surface area contributed by atoms with E-state index in [1.54, 1.807) is 6.20 Å². The maximum Gasteiger partial charge on any atom is 0.322 e. The molecule has 1 atom stereocenters. The Morgan fingerprint density at radius 3 is 3.13 bits per heavy atom. The van der Waals surface area contributed by atoms with E-state index < -0.39 is 12.0 Å². The fourth-order valence-corrected chi connectivity index (χ4v) is 1.63. The van der Waals surface area contributed by atoms with E-state index in [9.17, 15) is 4.79 Å². The number of hydrogen-bond acceptors (Lipinski definition) is 4. The van der Waals surface area contributed by atoms with Gasteiger partial charge in [0.25, 0.3) is 0 Å². The number of carboxylic acid groups (broad SMARTS) is 1. The molecule has 0 aromatic carbocycles. The molecule has 80 valence electrons. The molecular weight excluding hydrogens is 194 g/mol. The van der Waals surface area contributed by atoms with Crippen molar-refractivity contribution in [2.45, 2.75) is 12.6 Å². The zero-order chi connectivity index (χ0) is 10.7. The van der Waals surface area contributed by atoms with Gasteiger partial charge in [0, 0.05) is 26.0 Å². The number of hydrogen-bond donors (Lipinski definition) is 2. The Labute approximate surface area is 87.7 Å². The summed E-state index contributed by atoms with van der Waals surface area (Å²) in [7, 11) is 0. The van der Waals surface area contributed by atoms with Crippen molar-refractivity contribution in [2.24, 2.45) is 0 Å². The highest BCUT2D eigenvalue weighted by Gasteiger charge is 2.27. The first-order valence-corrected chi connectivity index (χ1v) is 4.84. The van der Waals surface area contributed by atoms with Crippen LogP contribution in [0.5, 0.6) is 0 Å². The summed E-state index contributed by atoms with van der Waals surface area (Å²) in [5.74, 6) is -0.793. The molecular formula is C10H13N3O2. The topological polar surface area (TPSA) is 65.5 Å². The van der Waals surface area contributed by atoms with Crippen molar-refractivity contribution in [1.82, 2.24) is 15.2 Å². The average molecular weight is 207 g/mol. The van der Waals surface area contributed by atoms with Gasteiger partial charge in [-0.1, -0.05) is 6.07 Å². The molecule has 1 unspecified atom stereocenters. The van der Waals surface area contributed by atoms with E-state index in [0.29, 0.717) is 19.8 Å². The smallest absolute Gasteiger partial charge is 0.322 e. The molecule has 2 N–H and O–H groups in total. The van der Waals surface area contributed by atoms with Crippen LogP contribution in [0, 0.1) is 0 Å². The van der Waals surface area contributed by atoms with Crippen molar-refractivity contribution in [1.29, 1.82) is 0 Å². The lowest BCUT2D eigenvalue weighted by molar-refractivity contribution is -0.138. The lowest BCUT2D eigenvalue weighted by Crippen LogP contribution is -2.32. The molecule has 0 bridgehead atoms. The van der Waals surface area contributed by atoms with Crippen LogP contribution in [0.4, 0.5) is 0 Å². The first-order chi connectivity index (χ1) is 7.25. The predicted molar refractivity (Wildman–Crippen MR) is 54.1 cm³/mol. The van der Waals surface area contributed by atoms with Gasteiger partial charge in [0.15, 0.2) is 0 Å². The highest BCUT2D eigenvalue weighted by molar-refractivity contribution is 5.74. The van der Waals surface area contributed by atoms with Crippen molar-refractivity contribution in [3.63, 3.8) is 0 Å². The minimum Gasteiger partial charge on any atom is -0.480 e. The van der Waals surface area contributed by atoms with Gasteiger partial charge in [0.1, 0.15) is 6.04 Å². The van der Waals surface area contributed by atoms with Crippen LogP contribution in [0.25, 0.3) is 0 Å². The van der Waals surface area contributed by atoms with Crippen LogP contribution in [0.3, 0.4) is 0 Å². The van der Waals surface area contributed by atoms with E-state index in [1.807, 2.05) is 23.1 Å². The minimum atomic E-state index is -0.793. The molecule has 0 radical (unpaired) electrons. The van der Waals surface area contributed by atoms with Gasteiger partial charge in [-0.25, -0.2) is 0 Å². The molecule has 1 aliphatic heterocycles. The number of rotatable bonds is 3. The molecule has 2 heterocycles. The van der Waals surface area contributed by atoms with Gasteiger partial charge >= 0.3 is 5.97 Å². The Bertz CT molecular complexity index is 342. The molecule has 0 amide bonds. The summed E-state index contributed by atoms with van der Waals surface area (Å²) in [6, 6.07) is 5.29. The Balaban J connectivity index is 1.90. The first-order valence-electron chi connectivity index (χ1n) is 4.84. The van der Waals surface area contributed by atoms with E-state index in [0.717, 1.165) is 5.69 Å². The number of pyridine rings is 1. The van der Waals surface area contributed by atoms with E-state index in [4.69, 9.17) is 5.11 Å². The normalized spacial score (nSPS) is 21.7. The standard InChI is InChI=1S/C10H13N3O2/c14-10(15)9-6-13(7-12-9)5-8-3-1-2-4-11-8/h1-4,9,12H,5-7H2,(H,14,15). The van der Waals surface area contributed by atoms with Crippen LogP contribution in [0.15, 0.2) is 24.4 Å². The minimum absolute atomic E-state index is 0.450. The third kappa shape index (κ3) is 2.51. The summed E-state index contributed by atoms with van der Waals surface area (Å²) in [6.07, 6.45) is 1.74. The molecule has 0 saturated carbocycles. The molecule has 1 fully saturated rings. The SMILES string of the molecule is O=C(O)C1CN(Cc2ccccn2)CN1. The van der Waals surface area contributed by atoms with Crippen molar-refractivity contribution in [3.8, 4) is 0 Å². The van der Waals surface area contributed by atoms with E-state index in [-0.39, 0.29) is 0 Å². The van der Waals surface area contributed by atoms with Crippen LogP contribution < -0.4 is 5.32 Å². The number of aliphatic carboxylic acids is 1. The number of nitrogens with zero attached hydrogens (tertiary/aromatic N) is 2. The Morgan fingerprint density at radius 1 is 1.67 bits per heavy atom. The Kier molecular flexibility index (Phi) is 2.94. The largest absolute Gasteiger partial charge is 0.480 e. The molecule has 5 heteroatoms. The third-order valence-electron chi connectivity index (χ3n) is 2.41. The van der Waals surface area contributed by atoms with Crippen molar-refractivity contribution in [2.75, 3.05) is 13.2 Å². The van der Waals surface area contributed by atoms with Crippen LogP contribution >= 0.6 is 0 Å². The zero-order valence-corrected chi connectivity index (χ0v) is 8.26. The van der Waals surface area contributed by atoms with Crippen LogP contribution in [-0.4, -0.2) is 40.2 Å². The van der Waals surface area contributed by atoms with Crippen LogP contribution in [0.1, 0.15) is 5.69 Å². The monoisotopic (exact) mass is 207 g/mol. The average Bonchev–Trinajstić information content (AvgIpc) is 2.68. The lowest BCUT2D eigenvalue weighted by Gasteiger charge is -2.12. The second kappa shape index (κ2) is 4.37. The molecule has 15 heavy (non-hydrogen) atoms. The molecule has 1 aromatic rings. The van der Waals surface area contributed by atoms with E-state index >= 15 is 0 Å². The summed E-state index contributed by atoms with van der Waals surface area (Å²) < 4.78 is 0. The zero-order valence-electron chi connectivity index (χ0n) is 8.26. The fourth-order valence-electron chi connectivity index (χ4n) is 1.63.